The van der Waals surface area contributed by atoms with Crippen molar-refractivity contribution in [2.24, 2.45) is 0 Å². The lowest BCUT2D eigenvalue weighted by Gasteiger charge is -2.36. The predicted octanol–water partition coefficient (Wildman–Crippen LogP) is 4.27. The van der Waals surface area contributed by atoms with Gasteiger partial charge >= 0.3 is 6.09 Å². The summed E-state index contributed by atoms with van der Waals surface area (Å²) in [5.74, 6) is 0.197. The number of ether oxygens (including phenoxy) is 1. The molecule has 1 aromatic carbocycles. The zero-order chi connectivity index (χ0) is 25.7. The summed E-state index contributed by atoms with van der Waals surface area (Å²) < 4.78 is 21.5. The Morgan fingerprint density at radius 3 is 2.54 bits per heavy atom. The average molecular weight is 502 g/mol. The van der Waals surface area contributed by atoms with Crippen LogP contribution in [-0.4, -0.2) is 66.5 Å². The van der Waals surface area contributed by atoms with E-state index in [1.165, 1.54) is 6.07 Å². The molecule has 2 aliphatic heterocycles. The highest BCUT2D eigenvalue weighted by Gasteiger charge is 2.46. The summed E-state index contributed by atoms with van der Waals surface area (Å²) in [6, 6.07) is 10.7. The maximum atomic E-state index is 14.3. The van der Waals surface area contributed by atoms with E-state index in [-0.39, 0.29) is 30.5 Å². The van der Waals surface area contributed by atoms with Crippen LogP contribution in [0.4, 0.5) is 14.9 Å². The molecular weight excluding hydrogens is 473 g/mol. The number of carbonyl (C=O) groups is 1. The van der Waals surface area contributed by atoms with E-state index in [9.17, 15) is 9.18 Å². The van der Waals surface area contributed by atoms with Crippen LogP contribution < -0.4 is 4.90 Å². The first-order chi connectivity index (χ1) is 17.8. The number of hydrogen-bond donors (Lipinski definition) is 0. The summed E-state index contributed by atoms with van der Waals surface area (Å²) in [5.41, 5.74) is 2.18. The van der Waals surface area contributed by atoms with E-state index < -0.39 is 5.60 Å². The van der Waals surface area contributed by atoms with Gasteiger partial charge in [-0.05, 0) is 45.4 Å². The van der Waals surface area contributed by atoms with Gasteiger partial charge in [-0.25, -0.2) is 28.8 Å². The quantitative estimate of drug-likeness (QED) is 0.413. The van der Waals surface area contributed by atoms with E-state index >= 15 is 0 Å². The number of benzene rings is 1. The largest absolute Gasteiger partial charge is 0.444 e. The van der Waals surface area contributed by atoms with Gasteiger partial charge < -0.3 is 14.5 Å². The summed E-state index contributed by atoms with van der Waals surface area (Å²) in [4.78, 5) is 30.4. The lowest BCUT2D eigenvalue weighted by molar-refractivity contribution is 0.0214. The molecule has 1 amide bonds. The van der Waals surface area contributed by atoms with Gasteiger partial charge in [0.05, 0.1) is 36.1 Å². The topological polar surface area (TPSA) is 89.3 Å². The third kappa shape index (κ3) is 4.36. The third-order valence-corrected chi connectivity index (χ3v) is 6.84. The number of piperazine rings is 1. The Morgan fingerprint density at radius 1 is 1.05 bits per heavy atom. The molecule has 3 aromatic heterocycles. The maximum Gasteiger partial charge on any atom is 0.410 e. The van der Waals surface area contributed by atoms with Crippen molar-refractivity contribution in [3.8, 4) is 11.5 Å². The molecule has 190 valence electrons. The van der Waals surface area contributed by atoms with Crippen molar-refractivity contribution in [1.29, 1.82) is 0 Å². The Kier molecular flexibility index (Phi) is 5.54. The van der Waals surface area contributed by atoms with Crippen LogP contribution in [0.1, 0.15) is 32.8 Å². The SMILES string of the molecule is CC(C)(C)OC(=O)N1CC2CC1CN2c1cnc(-c2nn(Cc3ccccc3F)c3ncccc23)nc1. The second-order valence-electron chi connectivity index (χ2n) is 10.6. The van der Waals surface area contributed by atoms with Gasteiger partial charge in [-0.1, -0.05) is 18.2 Å². The van der Waals surface area contributed by atoms with Gasteiger partial charge in [0.25, 0.3) is 0 Å². The molecule has 2 fully saturated rings. The summed E-state index contributed by atoms with van der Waals surface area (Å²) in [6.07, 6.45) is 5.95. The van der Waals surface area contributed by atoms with Crippen LogP contribution in [0.3, 0.4) is 0 Å². The summed E-state index contributed by atoms with van der Waals surface area (Å²) in [6.45, 7) is 7.24. The van der Waals surface area contributed by atoms with Crippen molar-refractivity contribution in [2.45, 2.75) is 51.4 Å². The molecule has 2 unspecified atom stereocenters. The molecule has 2 atom stereocenters. The first kappa shape index (κ1) is 23.3. The molecule has 2 saturated heterocycles. The molecule has 5 heterocycles. The second-order valence-corrected chi connectivity index (χ2v) is 10.6. The molecule has 6 rings (SSSR count). The minimum atomic E-state index is -0.510. The molecule has 0 radical (unpaired) electrons. The number of amides is 1. The predicted molar refractivity (Wildman–Crippen MR) is 137 cm³/mol. The van der Waals surface area contributed by atoms with Crippen LogP contribution in [0.5, 0.6) is 0 Å². The highest BCUT2D eigenvalue weighted by atomic mass is 19.1. The van der Waals surface area contributed by atoms with Crippen molar-refractivity contribution >= 4 is 22.8 Å². The Morgan fingerprint density at radius 2 is 1.84 bits per heavy atom. The molecule has 0 aliphatic carbocycles. The fraction of sp³-hybridized carbons (Fsp3) is 0.370. The lowest BCUT2D eigenvalue weighted by Crippen LogP contribution is -2.50. The molecule has 9 nitrogen and oxygen atoms in total. The maximum absolute atomic E-state index is 14.3. The third-order valence-electron chi connectivity index (χ3n) is 6.84. The molecule has 0 saturated carbocycles. The van der Waals surface area contributed by atoms with Crippen LogP contribution in [-0.2, 0) is 11.3 Å². The van der Waals surface area contributed by atoms with Crippen LogP contribution in [0, 0.1) is 5.82 Å². The molecule has 2 aliphatic rings. The fourth-order valence-electron chi connectivity index (χ4n) is 5.19. The Hall–Kier alpha value is -4.08. The smallest absolute Gasteiger partial charge is 0.410 e. The lowest BCUT2D eigenvalue weighted by atomic mass is 10.2. The molecule has 2 bridgehead atoms. The van der Waals surface area contributed by atoms with Crippen LogP contribution >= 0.6 is 0 Å². The van der Waals surface area contributed by atoms with Crippen molar-refractivity contribution in [1.82, 2.24) is 29.6 Å². The van der Waals surface area contributed by atoms with Gasteiger partial charge in [0.2, 0.25) is 0 Å². The van der Waals surface area contributed by atoms with Crippen molar-refractivity contribution in [3.63, 3.8) is 0 Å². The number of hydrogen-bond acceptors (Lipinski definition) is 7. The number of aromatic nitrogens is 5. The monoisotopic (exact) mass is 501 g/mol. The highest BCUT2D eigenvalue weighted by molar-refractivity contribution is 5.89. The van der Waals surface area contributed by atoms with E-state index in [0.717, 1.165) is 24.0 Å². The Labute approximate surface area is 213 Å². The molecule has 10 heteroatoms. The first-order valence-corrected chi connectivity index (χ1v) is 12.4. The Bertz CT molecular complexity index is 1460. The molecule has 37 heavy (non-hydrogen) atoms. The van der Waals surface area contributed by atoms with Gasteiger partial charge in [0.15, 0.2) is 11.5 Å². The van der Waals surface area contributed by atoms with Crippen LogP contribution in [0.25, 0.3) is 22.6 Å². The van der Waals surface area contributed by atoms with Crippen molar-refractivity contribution < 1.29 is 13.9 Å². The zero-order valence-electron chi connectivity index (χ0n) is 21.0. The number of likely N-dealkylation sites (tertiary alicyclic amines) is 1. The fourth-order valence-corrected chi connectivity index (χ4v) is 5.19. The number of rotatable bonds is 4. The molecule has 4 aromatic rings. The van der Waals surface area contributed by atoms with E-state index in [1.807, 2.05) is 37.8 Å². The number of fused-ring (bicyclic) bond motifs is 3. The van der Waals surface area contributed by atoms with Crippen molar-refractivity contribution in [3.05, 3.63) is 66.4 Å². The normalized spacial score (nSPS) is 19.1. The number of carbonyl (C=O) groups excluding carboxylic acids is 1. The average Bonchev–Trinajstić information content (AvgIpc) is 3.58. The van der Waals surface area contributed by atoms with E-state index in [0.29, 0.717) is 29.3 Å². The van der Waals surface area contributed by atoms with Gasteiger partial charge in [-0.2, -0.15) is 5.10 Å². The number of anilines is 1. The van der Waals surface area contributed by atoms with Crippen LogP contribution in [0.2, 0.25) is 0 Å². The number of nitrogens with zero attached hydrogens (tertiary/aromatic N) is 7. The molecule has 0 N–H and O–H groups in total. The van der Waals surface area contributed by atoms with E-state index in [4.69, 9.17) is 9.84 Å². The van der Waals surface area contributed by atoms with Gasteiger partial charge in [0.1, 0.15) is 17.1 Å². The number of pyridine rings is 1. The second kappa shape index (κ2) is 8.79. The summed E-state index contributed by atoms with van der Waals surface area (Å²) in [5, 5.41) is 5.52. The Balaban J connectivity index is 1.22. The minimum Gasteiger partial charge on any atom is -0.444 e. The first-order valence-electron chi connectivity index (χ1n) is 12.4. The molecule has 0 spiro atoms. The minimum absolute atomic E-state index is 0.114. The standard InChI is InChI=1S/C27H28FN7O2/c1-27(2,3)37-26(36)34-16-18-11-19(34)15-33(18)20-12-30-24(31-13-20)23-21-8-6-10-29-25(21)35(32-23)14-17-7-4-5-9-22(17)28/h4-10,12-13,18-19H,11,14-16H2,1-3H3. The van der Waals surface area contributed by atoms with E-state index in [2.05, 4.69) is 19.9 Å². The van der Waals surface area contributed by atoms with Crippen molar-refractivity contribution in [2.75, 3.05) is 18.0 Å². The summed E-state index contributed by atoms with van der Waals surface area (Å²) in [7, 11) is 0. The van der Waals surface area contributed by atoms with Gasteiger partial charge in [-0.3, -0.25) is 0 Å². The van der Waals surface area contributed by atoms with E-state index in [1.54, 1.807) is 41.5 Å². The van der Waals surface area contributed by atoms with Gasteiger partial charge in [-0.15, -0.1) is 0 Å². The van der Waals surface area contributed by atoms with Crippen LogP contribution in [0.15, 0.2) is 55.0 Å². The van der Waals surface area contributed by atoms with Gasteiger partial charge in [0, 0.05) is 30.9 Å². The number of halogens is 1. The zero-order valence-corrected chi connectivity index (χ0v) is 21.0. The molecular formula is C27H28FN7O2. The summed E-state index contributed by atoms with van der Waals surface area (Å²) >= 11 is 0. The highest BCUT2D eigenvalue weighted by Crippen LogP contribution is 2.35.